The standard InChI is InChI=1S/C29H31FN4O2/c1-21-11-13-22(14-12-21)25-19-27(23-7-3-6-10-28(23)36-2)34(31-25)29(35)20-32-15-17-33(18-16-32)26-9-5-4-8-24(26)30/h3-14,27H,15-20H2,1-2H3/t27-/m0/s1. The molecule has 1 fully saturated rings. The molecule has 0 N–H and O–H groups in total. The van der Waals surface area contributed by atoms with Gasteiger partial charge >= 0.3 is 0 Å². The number of benzene rings is 3. The number of para-hydroxylation sites is 2. The predicted molar refractivity (Wildman–Crippen MR) is 140 cm³/mol. The number of carbonyl (C=O) groups is 1. The monoisotopic (exact) mass is 486 g/mol. The first-order valence-electron chi connectivity index (χ1n) is 12.3. The molecule has 0 saturated carbocycles. The average molecular weight is 487 g/mol. The van der Waals surface area contributed by atoms with E-state index in [-0.39, 0.29) is 24.3 Å². The van der Waals surface area contributed by atoms with Crippen LogP contribution in [-0.4, -0.2) is 61.4 Å². The Morgan fingerprint density at radius 2 is 1.67 bits per heavy atom. The minimum absolute atomic E-state index is 0.0487. The lowest BCUT2D eigenvalue weighted by molar-refractivity contribution is -0.134. The van der Waals surface area contributed by atoms with Crippen molar-refractivity contribution in [1.29, 1.82) is 0 Å². The van der Waals surface area contributed by atoms with Crippen LogP contribution in [0.2, 0.25) is 0 Å². The van der Waals surface area contributed by atoms with Crippen molar-refractivity contribution in [3.8, 4) is 5.75 Å². The predicted octanol–water partition coefficient (Wildman–Crippen LogP) is 4.64. The fraction of sp³-hybridized carbons (Fsp3) is 0.310. The van der Waals surface area contributed by atoms with Gasteiger partial charge in [-0.3, -0.25) is 9.69 Å². The number of carbonyl (C=O) groups excluding carboxylic acids is 1. The van der Waals surface area contributed by atoms with Crippen molar-refractivity contribution in [2.24, 2.45) is 5.10 Å². The van der Waals surface area contributed by atoms with E-state index in [1.165, 1.54) is 11.6 Å². The highest BCUT2D eigenvalue weighted by atomic mass is 19.1. The highest BCUT2D eigenvalue weighted by molar-refractivity contribution is 6.03. The van der Waals surface area contributed by atoms with Gasteiger partial charge in [0.25, 0.3) is 5.91 Å². The lowest BCUT2D eigenvalue weighted by atomic mass is 9.97. The number of aryl methyl sites for hydroxylation is 1. The summed E-state index contributed by atoms with van der Waals surface area (Å²) in [5, 5.41) is 6.45. The Labute approximate surface area is 211 Å². The van der Waals surface area contributed by atoms with Crippen molar-refractivity contribution in [3.63, 3.8) is 0 Å². The van der Waals surface area contributed by atoms with Gasteiger partial charge in [-0.2, -0.15) is 5.10 Å². The molecule has 0 aromatic heterocycles. The molecule has 1 amide bonds. The van der Waals surface area contributed by atoms with Crippen molar-refractivity contribution in [2.45, 2.75) is 19.4 Å². The number of amides is 1. The topological polar surface area (TPSA) is 48.4 Å². The van der Waals surface area contributed by atoms with Crippen LogP contribution in [-0.2, 0) is 4.79 Å². The summed E-state index contributed by atoms with van der Waals surface area (Å²) in [4.78, 5) is 17.8. The first-order valence-corrected chi connectivity index (χ1v) is 12.3. The van der Waals surface area contributed by atoms with Crippen LogP contribution in [0, 0.1) is 12.7 Å². The molecule has 7 heteroatoms. The van der Waals surface area contributed by atoms with Gasteiger partial charge in [0.15, 0.2) is 0 Å². The van der Waals surface area contributed by atoms with E-state index < -0.39 is 0 Å². The van der Waals surface area contributed by atoms with Crippen molar-refractivity contribution in [2.75, 3.05) is 44.7 Å². The van der Waals surface area contributed by atoms with Crippen LogP contribution in [0.15, 0.2) is 77.9 Å². The summed E-state index contributed by atoms with van der Waals surface area (Å²) in [7, 11) is 1.65. The molecule has 1 saturated heterocycles. The Balaban J connectivity index is 1.33. The molecule has 5 rings (SSSR count). The van der Waals surface area contributed by atoms with Gasteiger partial charge in [0.1, 0.15) is 11.6 Å². The van der Waals surface area contributed by atoms with Crippen LogP contribution in [0.1, 0.15) is 29.2 Å². The second kappa shape index (κ2) is 10.5. The molecule has 0 spiro atoms. The van der Waals surface area contributed by atoms with E-state index in [4.69, 9.17) is 9.84 Å². The number of ether oxygens (including phenoxy) is 1. The first-order chi connectivity index (χ1) is 17.5. The van der Waals surface area contributed by atoms with Crippen LogP contribution in [0.25, 0.3) is 0 Å². The molecule has 186 valence electrons. The fourth-order valence-electron chi connectivity index (χ4n) is 4.96. The second-order valence-corrected chi connectivity index (χ2v) is 9.33. The van der Waals surface area contributed by atoms with Gasteiger partial charge in [0.05, 0.1) is 31.1 Å². The Hall–Kier alpha value is -3.71. The number of piperazine rings is 1. The summed E-state index contributed by atoms with van der Waals surface area (Å²) in [6.45, 7) is 5.02. The largest absolute Gasteiger partial charge is 0.496 e. The molecule has 2 aliphatic rings. The Morgan fingerprint density at radius 1 is 0.972 bits per heavy atom. The van der Waals surface area contributed by atoms with Gasteiger partial charge in [-0.1, -0.05) is 60.2 Å². The molecule has 3 aromatic carbocycles. The van der Waals surface area contributed by atoms with E-state index in [1.807, 2.05) is 35.2 Å². The van der Waals surface area contributed by atoms with Crippen molar-refractivity contribution in [3.05, 3.63) is 95.3 Å². The minimum Gasteiger partial charge on any atom is -0.496 e. The lowest BCUT2D eigenvalue weighted by Gasteiger charge is -2.36. The van der Waals surface area contributed by atoms with Crippen LogP contribution in [0.5, 0.6) is 5.75 Å². The van der Waals surface area contributed by atoms with Crippen LogP contribution in [0.3, 0.4) is 0 Å². The fourth-order valence-corrected chi connectivity index (χ4v) is 4.96. The van der Waals surface area contributed by atoms with E-state index in [2.05, 4.69) is 36.1 Å². The van der Waals surface area contributed by atoms with E-state index in [0.717, 1.165) is 22.6 Å². The third-order valence-electron chi connectivity index (χ3n) is 6.97. The normalized spacial score (nSPS) is 18.3. The molecule has 0 aliphatic carbocycles. The van der Waals surface area contributed by atoms with Gasteiger partial charge < -0.3 is 9.64 Å². The van der Waals surface area contributed by atoms with Crippen molar-refractivity contribution in [1.82, 2.24) is 9.91 Å². The molecule has 0 radical (unpaired) electrons. The van der Waals surface area contributed by atoms with Crippen LogP contribution < -0.4 is 9.64 Å². The zero-order chi connectivity index (χ0) is 25.1. The maximum atomic E-state index is 14.2. The molecule has 3 aromatic rings. The van der Waals surface area contributed by atoms with E-state index in [9.17, 15) is 9.18 Å². The second-order valence-electron chi connectivity index (χ2n) is 9.33. The number of nitrogens with zero attached hydrogens (tertiary/aromatic N) is 4. The quantitative estimate of drug-likeness (QED) is 0.509. The zero-order valence-corrected chi connectivity index (χ0v) is 20.7. The summed E-state index contributed by atoms with van der Waals surface area (Å²) in [6, 6.07) is 22.7. The van der Waals surface area contributed by atoms with Gasteiger partial charge in [0.2, 0.25) is 0 Å². The van der Waals surface area contributed by atoms with Gasteiger partial charge in [-0.15, -0.1) is 0 Å². The van der Waals surface area contributed by atoms with Crippen LogP contribution in [0.4, 0.5) is 10.1 Å². The molecular formula is C29H31FN4O2. The van der Waals surface area contributed by atoms with Gasteiger partial charge in [-0.25, -0.2) is 9.40 Å². The summed E-state index contributed by atoms with van der Waals surface area (Å²) in [6.07, 6.45) is 0.621. The molecule has 1 atom stereocenters. The van der Waals surface area contributed by atoms with E-state index >= 15 is 0 Å². The molecule has 0 bridgehead atoms. The first kappa shape index (κ1) is 24.0. The number of methoxy groups -OCH3 is 1. The third-order valence-corrected chi connectivity index (χ3v) is 6.97. The van der Waals surface area contributed by atoms with Crippen molar-refractivity contribution >= 4 is 17.3 Å². The Kier molecular flexibility index (Phi) is 7.00. The maximum absolute atomic E-state index is 14.2. The summed E-state index contributed by atoms with van der Waals surface area (Å²) >= 11 is 0. The smallest absolute Gasteiger partial charge is 0.257 e. The highest BCUT2D eigenvalue weighted by Crippen LogP contribution is 2.37. The van der Waals surface area contributed by atoms with Gasteiger partial charge in [-0.05, 0) is 30.7 Å². The minimum atomic E-state index is -0.232. The number of hydrogen-bond acceptors (Lipinski definition) is 5. The Bertz CT molecular complexity index is 1250. The number of halogens is 1. The summed E-state index contributed by atoms with van der Waals surface area (Å²) in [5.41, 5.74) is 4.66. The average Bonchev–Trinajstić information content (AvgIpc) is 3.35. The van der Waals surface area contributed by atoms with Crippen molar-refractivity contribution < 1.29 is 13.9 Å². The zero-order valence-electron chi connectivity index (χ0n) is 20.7. The lowest BCUT2D eigenvalue weighted by Crippen LogP contribution is -2.49. The summed E-state index contributed by atoms with van der Waals surface area (Å²) < 4.78 is 19.8. The SMILES string of the molecule is COc1ccccc1[C@@H]1CC(c2ccc(C)cc2)=NN1C(=O)CN1CCN(c2ccccc2F)CC1. The van der Waals surface area contributed by atoms with E-state index in [1.54, 1.807) is 24.3 Å². The van der Waals surface area contributed by atoms with Gasteiger partial charge in [0, 0.05) is 38.2 Å². The number of hydrazone groups is 1. The number of hydrogen-bond donors (Lipinski definition) is 0. The third kappa shape index (κ3) is 4.97. The molecule has 36 heavy (non-hydrogen) atoms. The number of anilines is 1. The molecule has 0 unspecified atom stereocenters. The molecule has 2 heterocycles. The highest BCUT2D eigenvalue weighted by Gasteiger charge is 2.35. The summed E-state index contributed by atoms with van der Waals surface area (Å²) in [5.74, 6) is 0.489. The number of rotatable bonds is 6. The molecule has 2 aliphatic heterocycles. The van der Waals surface area contributed by atoms with E-state index in [0.29, 0.717) is 38.3 Å². The molecular weight excluding hydrogens is 455 g/mol. The maximum Gasteiger partial charge on any atom is 0.257 e. The Morgan fingerprint density at radius 3 is 2.39 bits per heavy atom. The van der Waals surface area contributed by atoms with Crippen LogP contribution >= 0.6 is 0 Å². The molecule has 6 nitrogen and oxygen atoms in total.